The first-order valence-corrected chi connectivity index (χ1v) is 7.72. The average molecular weight is 344 g/mol. The van der Waals surface area contributed by atoms with E-state index in [0.29, 0.717) is 33.4 Å². The first-order chi connectivity index (χ1) is 11.5. The largest absolute Gasteiger partial charge is 0.295 e. The molecular formula is C18H15ClFN3O. The Bertz CT molecular complexity index is 953. The molecule has 0 aliphatic heterocycles. The summed E-state index contributed by atoms with van der Waals surface area (Å²) in [5.41, 5.74) is 2.83. The highest BCUT2D eigenvalue weighted by Gasteiger charge is 2.15. The lowest BCUT2D eigenvalue weighted by molar-refractivity contribution is 0.627. The molecule has 0 saturated heterocycles. The Morgan fingerprint density at radius 1 is 1.12 bits per heavy atom. The summed E-state index contributed by atoms with van der Waals surface area (Å²) in [6.45, 7) is 3.58. The molecule has 0 bridgehead atoms. The van der Waals surface area contributed by atoms with Crippen LogP contribution in [0.2, 0.25) is 5.02 Å². The molecule has 3 aromatic rings. The molecule has 0 unspecified atom stereocenters. The molecule has 0 spiro atoms. The molecular weight excluding hydrogens is 329 g/mol. The van der Waals surface area contributed by atoms with Crippen molar-refractivity contribution in [2.45, 2.75) is 13.8 Å². The Morgan fingerprint density at radius 3 is 2.38 bits per heavy atom. The van der Waals surface area contributed by atoms with Gasteiger partial charge in [-0.1, -0.05) is 11.6 Å². The van der Waals surface area contributed by atoms with E-state index in [9.17, 15) is 9.18 Å². The van der Waals surface area contributed by atoms with E-state index in [4.69, 9.17) is 11.6 Å². The molecule has 1 heterocycles. The number of nitrogens with one attached hydrogen (secondary N) is 1. The van der Waals surface area contributed by atoms with E-state index in [0.717, 1.165) is 0 Å². The second kappa shape index (κ2) is 6.45. The van der Waals surface area contributed by atoms with E-state index < -0.39 is 0 Å². The Morgan fingerprint density at radius 2 is 1.75 bits per heavy atom. The third-order valence-electron chi connectivity index (χ3n) is 3.64. The number of halogens is 2. The monoisotopic (exact) mass is 343 g/mol. The molecule has 0 radical (unpaired) electrons. The van der Waals surface area contributed by atoms with E-state index in [1.807, 2.05) is 0 Å². The number of nitrogens with zero attached hydrogens (tertiary/aromatic N) is 2. The topological polar surface area (TPSA) is 50.1 Å². The van der Waals surface area contributed by atoms with Crippen LogP contribution in [-0.4, -0.2) is 15.5 Å². The summed E-state index contributed by atoms with van der Waals surface area (Å²) >= 11 is 5.86. The van der Waals surface area contributed by atoms with Crippen LogP contribution in [-0.2, 0) is 0 Å². The summed E-state index contributed by atoms with van der Waals surface area (Å²) in [5.74, 6) is -0.351. The van der Waals surface area contributed by atoms with E-state index in [1.54, 1.807) is 50.2 Å². The van der Waals surface area contributed by atoms with Crippen molar-refractivity contribution in [2.75, 3.05) is 0 Å². The predicted octanol–water partition coefficient (Wildman–Crippen LogP) is 4.41. The van der Waals surface area contributed by atoms with E-state index >= 15 is 0 Å². The minimum atomic E-state index is -0.351. The summed E-state index contributed by atoms with van der Waals surface area (Å²) in [4.78, 5) is 17.2. The summed E-state index contributed by atoms with van der Waals surface area (Å²) in [7, 11) is 0. The fourth-order valence-electron chi connectivity index (χ4n) is 2.51. The Labute approximate surface area is 143 Å². The van der Waals surface area contributed by atoms with Crippen LogP contribution in [0.15, 0.2) is 58.3 Å². The molecule has 0 amide bonds. The lowest BCUT2D eigenvalue weighted by Gasteiger charge is -2.00. The quantitative estimate of drug-likeness (QED) is 0.704. The fourth-order valence-corrected chi connectivity index (χ4v) is 2.64. The zero-order valence-electron chi connectivity index (χ0n) is 13.2. The number of aliphatic imine (C=N–C) groups is 1. The van der Waals surface area contributed by atoms with Crippen molar-refractivity contribution in [2.24, 2.45) is 4.99 Å². The number of hydrogen-bond donors (Lipinski definition) is 1. The normalized spacial score (nSPS) is 11.8. The maximum absolute atomic E-state index is 13.1. The number of aromatic amines is 1. The highest BCUT2D eigenvalue weighted by Crippen LogP contribution is 2.18. The SMILES string of the molecule is CC(=Nc1ccc(Cl)cc1)c1c(C)[nH]n(-c2ccc(F)cc2)c1=O. The van der Waals surface area contributed by atoms with Crippen molar-refractivity contribution in [1.29, 1.82) is 0 Å². The highest BCUT2D eigenvalue weighted by atomic mass is 35.5. The van der Waals surface area contributed by atoms with Crippen LogP contribution in [0.5, 0.6) is 0 Å². The molecule has 3 rings (SSSR count). The first-order valence-electron chi connectivity index (χ1n) is 7.34. The van der Waals surface area contributed by atoms with Crippen LogP contribution in [0, 0.1) is 12.7 Å². The number of benzene rings is 2. The van der Waals surface area contributed by atoms with Crippen molar-refractivity contribution < 1.29 is 4.39 Å². The van der Waals surface area contributed by atoms with Crippen LogP contribution < -0.4 is 5.56 Å². The molecule has 0 saturated carbocycles. The zero-order valence-corrected chi connectivity index (χ0v) is 13.9. The van der Waals surface area contributed by atoms with Crippen LogP contribution >= 0.6 is 11.6 Å². The summed E-state index contributed by atoms with van der Waals surface area (Å²) in [5, 5.41) is 3.63. The van der Waals surface area contributed by atoms with Gasteiger partial charge in [-0.25, -0.2) is 9.07 Å². The number of rotatable bonds is 3. The van der Waals surface area contributed by atoms with E-state index in [1.165, 1.54) is 16.8 Å². The average Bonchev–Trinajstić information content (AvgIpc) is 2.85. The minimum Gasteiger partial charge on any atom is -0.295 e. The lowest BCUT2D eigenvalue weighted by Crippen LogP contribution is -2.19. The van der Waals surface area contributed by atoms with Gasteiger partial charge >= 0.3 is 0 Å². The van der Waals surface area contributed by atoms with Crippen LogP contribution in [0.3, 0.4) is 0 Å². The number of H-pyrrole nitrogens is 1. The highest BCUT2D eigenvalue weighted by molar-refractivity contribution is 6.30. The molecule has 0 atom stereocenters. The van der Waals surface area contributed by atoms with Gasteiger partial charge < -0.3 is 0 Å². The van der Waals surface area contributed by atoms with E-state index in [-0.39, 0.29) is 11.4 Å². The third-order valence-corrected chi connectivity index (χ3v) is 3.89. The smallest absolute Gasteiger partial charge is 0.280 e. The van der Waals surface area contributed by atoms with Gasteiger partial charge in [0, 0.05) is 10.7 Å². The third kappa shape index (κ3) is 3.16. The number of hydrogen-bond acceptors (Lipinski definition) is 2. The molecule has 0 fully saturated rings. The molecule has 4 nitrogen and oxygen atoms in total. The van der Waals surface area contributed by atoms with Gasteiger partial charge in [0.15, 0.2) is 0 Å². The molecule has 24 heavy (non-hydrogen) atoms. The molecule has 6 heteroatoms. The number of aryl methyl sites for hydroxylation is 1. The van der Waals surface area contributed by atoms with Crippen molar-refractivity contribution in [3.63, 3.8) is 0 Å². The molecule has 2 aromatic carbocycles. The van der Waals surface area contributed by atoms with Gasteiger partial charge in [0.1, 0.15) is 5.82 Å². The van der Waals surface area contributed by atoms with Crippen molar-refractivity contribution >= 4 is 23.0 Å². The standard InChI is InChI=1S/C18H15ClFN3O/c1-11(21-15-7-3-13(19)4-8-15)17-12(2)22-23(18(17)24)16-9-5-14(20)6-10-16/h3-10,22H,1-2H3. The van der Waals surface area contributed by atoms with Crippen molar-refractivity contribution in [3.05, 3.63) is 81.0 Å². The van der Waals surface area contributed by atoms with Crippen LogP contribution in [0.4, 0.5) is 10.1 Å². The van der Waals surface area contributed by atoms with Gasteiger partial charge in [-0.15, -0.1) is 0 Å². The molecule has 0 aliphatic rings. The van der Waals surface area contributed by atoms with Gasteiger partial charge in [-0.05, 0) is 62.4 Å². The Hall–Kier alpha value is -2.66. The second-order valence-corrected chi connectivity index (χ2v) is 5.84. The lowest BCUT2D eigenvalue weighted by atomic mass is 10.1. The van der Waals surface area contributed by atoms with Crippen molar-refractivity contribution in [1.82, 2.24) is 9.78 Å². The summed E-state index contributed by atoms with van der Waals surface area (Å²) in [6, 6.07) is 12.8. The van der Waals surface area contributed by atoms with Crippen molar-refractivity contribution in [3.8, 4) is 5.69 Å². The minimum absolute atomic E-state index is 0.227. The van der Waals surface area contributed by atoms with Crippen LogP contribution in [0.1, 0.15) is 18.2 Å². The maximum Gasteiger partial charge on any atom is 0.280 e. The van der Waals surface area contributed by atoms with Gasteiger partial charge in [0.25, 0.3) is 5.56 Å². The fraction of sp³-hybridized carbons (Fsp3) is 0.111. The molecule has 1 N–H and O–H groups in total. The summed E-state index contributed by atoms with van der Waals surface area (Å²) < 4.78 is 14.4. The predicted molar refractivity (Wildman–Crippen MR) is 94.4 cm³/mol. The van der Waals surface area contributed by atoms with Gasteiger partial charge in [-0.2, -0.15) is 0 Å². The first kappa shape index (κ1) is 16.2. The summed E-state index contributed by atoms with van der Waals surface area (Å²) in [6.07, 6.45) is 0. The van der Waals surface area contributed by atoms with E-state index in [2.05, 4.69) is 10.1 Å². The van der Waals surface area contributed by atoms with Crippen LogP contribution in [0.25, 0.3) is 5.69 Å². The van der Waals surface area contributed by atoms with Gasteiger partial charge in [0.05, 0.1) is 22.6 Å². The maximum atomic E-state index is 13.1. The second-order valence-electron chi connectivity index (χ2n) is 5.40. The molecule has 0 aliphatic carbocycles. The molecule has 122 valence electrons. The molecule has 1 aromatic heterocycles. The van der Waals surface area contributed by atoms with Gasteiger partial charge in [0.2, 0.25) is 0 Å². The number of aromatic nitrogens is 2. The Kier molecular flexibility index (Phi) is 4.36. The Balaban J connectivity index is 2.04. The van der Waals surface area contributed by atoms with Gasteiger partial charge in [-0.3, -0.25) is 14.9 Å². The zero-order chi connectivity index (χ0) is 17.3.